The molecule has 8 nitrogen and oxygen atoms in total. The molecule has 0 saturated carbocycles. The van der Waals surface area contributed by atoms with Crippen molar-refractivity contribution >= 4 is 21.9 Å². The zero-order chi connectivity index (χ0) is 24.9. The molecule has 1 heterocycles. The highest BCUT2D eigenvalue weighted by Gasteiger charge is 2.29. The number of nitrogens with zero attached hydrogens (tertiary/aromatic N) is 2. The molecule has 184 valence electrons. The lowest BCUT2D eigenvalue weighted by Crippen LogP contribution is -2.46. The number of sulfonamides is 1. The van der Waals surface area contributed by atoms with Gasteiger partial charge in [-0.2, -0.15) is 4.31 Å². The Morgan fingerprint density at radius 1 is 1.06 bits per heavy atom. The molecule has 0 radical (unpaired) electrons. The van der Waals surface area contributed by atoms with E-state index in [1.807, 2.05) is 51.1 Å². The fraction of sp³-hybridized carbons (Fsp3) is 0.440. The molecular formula is C25H32N2O6S. The van der Waals surface area contributed by atoms with E-state index in [1.165, 1.54) is 16.4 Å². The Kier molecular flexibility index (Phi) is 8.12. The Morgan fingerprint density at radius 2 is 1.71 bits per heavy atom. The number of carbonyl (C=O) groups excluding carboxylic acids is 2. The summed E-state index contributed by atoms with van der Waals surface area (Å²) in [5.74, 6) is -1.07. The van der Waals surface area contributed by atoms with Crippen molar-refractivity contribution in [2.75, 3.05) is 32.9 Å². The molecule has 0 aromatic heterocycles. The standard InChI is InChI=1S/C25H32N2O6S/c1-19-10-11-21(34(30,31)26-12-14-32-15-13-26)16-22(19)24(29)33-18-23(28)27(25(2,3)4)17-20-8-6-5-7-9-20/h5-11,16H,12-15,17-18H2,1-4H3. The van der Waals surface area contributed by atoms with Crippen molar-refractivity contribution in [1.82, 2.24) is 9.21 Å². The quantitative estimate of drug-likeness (QED) is 0.557. The molecule has 2 aromatic carbocycles. The average Bonchev–Trinajstić information content (AvgIpc) is 2.81. The van der Waals surface area contributed by atoms with Gasteiger partial charge in [0.15, 0.2) is 6.61 Å². The number of hydrogen-bond acceptors (Lipinski definition) is 6. The third-order valence-electron chi connectivity index (χ3n) is 5.66. The van der Waals surface area contributed by atoms with E-state index >= 15 is 0 Å². The molecule has 0 aliphatic carbocycles. The topological polar surface area (TPSA) is 93.2 Å². The maximum atomic E-state index is 13.0. The number of rotatable bonds is 7. The van der Waals surface area contributed by atoms with E-state index in [0.29, 0.717) is 25.3 Å². The molecule has 34 heavy (non-hydrogen) atoms. The van der Waals surface area contributed by atoms with Crippen molar-refractivity contribution < 1.29 is 27.5 Å². The Labute approximate surface area is 201 Å². The molecule has 2 aromatic rings. The van der Waals surface area contributed by atoms with E-state index < -0.39 is 28.1 Å². The molecule has 1 saturated heterocycles. The molecule has 0 N–H and O–H groups in total. The number of ether oxygens (including phenoxy) is 2. The second-order valence-electron chi connectivity index (χ2n) is 9.21. The minimum atomic E-state index is -3.76. The highest BCUT2D eigenvalue weighted by Crippen LogP contribution is 2.22. The molecule has 0 spiro atoms. The van der Waals surface area contributed by atoms with Crippen LogP contribution in [0.5, 0.6) is 0 Å². The summed E-state index contributed by atoms with van der Waals surface area (Å²) < 4.78 is 37.8. The summed E-state index contributed by atoms with van der Waals surface area (Å²) >= 11 is 0. The summed E-state index contributed by atoms with van der Waals surface area (Å²) in [6.45, 7) is 8.56. The first-order chi connectivity index (χ1) is 16.0. The number of carbonyl (C=O) groups is 2. The van der Waals surface area contributed by atoms with Crippen LogP contribution in [0, 0.1) is 6.92 Å². The number of esters is 1. The van der Waals surface area contributed by atoms with Crippen molar-refractivity contribution in [2.24, 2.45) is 0 Å². The van der Waals surface area contributed by atoms with Gasteiger partial charge in [0.1, 0.15) is 0 Å². The first-order valence-electron chi connectivity index (χ1n) is 11.2. The van der Waals surface area contributed by atoms with Gasteiger partial charge in [-0.1, -0.05) is 36.4 Å². The van der Waals surface area contributed by atoms with Crippen LogP contribution in [0.4, 0.5) is 0 Å². The van der Waals surface area contributed by atoms with Crippen LogP contribution in [0.15, 0.2) is 53.4 Å². The SMILES string of the molecule is Cc1ccc(S(=O)(=O)N2CCOCC2)cc1C(=O)OCC(=O)N(Cc1ccccc1)C(C)(C)C. The van der Waals surface area contributed by atoms with E-state index in [9.17, 15) is 18.0 Å². The Balaban J connectivity index is 1.73. The third-order valence-corrected chi connectivity index (χ3v) is 7.55. The molecule has 9 heteroatoms. The predicted molar refractivity (Wildman–Crippen MR) is 128 cm³/mol. The summed E-state index contributed by atoms with van der Waals surface area (Å²) in [6, 6.07) is 13.9. The van der Waals surface area contributed by atoms with Gasteiger partial charge in [-0.25, -0.2) is 13.2 Å². The zero-order valence-corrected chi connectivity index (χ0v) is 20.9. The fourth-order valence-corrected chi connectivity index (χ4v) is 5.10. The van der Waals surface area contributed by atoms with Gasteiger partial charge in [0.2, 0.25) is 10.0 Å². The molecule has 1 aliphatic rings. The van der Waals surface area contributed by atoms with E-state index in [4.69, 9.17) is 9.47 Å². The number of aryl methyl sites for hydroxylation is 1. The van der Waals surface area contributed by atoms with Crippen LogP contribution in [0.25, 0.3) is 0 Å². The Morgan fingerprint density at radius 3 is 2.32 bits per heavy atom. The lowest BCUT2D eigenvalue weighted by molar-refractivity contribution is -0.140. The van der Waals surface area contributed by atoms with Gasteiger partial charge in [0.05, 0.1) is 23.7 Å². The highest BCUT2D eigenvalue weighted by molar-refractivity contribution is 7.89. The highest BCUT2D eigenvalue weighted by atomic mass is 32.2. The van der Waals surface area contributed by atoms with Crippen molar-refractivity contribution in [2.45, 2.75) is 44.7 Å². The van der Waals surface area contributed by atoms with Gasteiger partial charge in [-0.15, -0.1) is 0 Å². The maximum Gasteiger partial charge on any atom is 0.338 e. The number of benzene rings is 2. The summed E-state index contributed by atoms with van der Waals surface area (Å²) in [5.41, 5.74) is 1.17. The van der Waals surface area contributed by atoms with Crippen LogP contribution in [-0.2, 0) is 30.8 Å². The predicted octanol–water partition coefficient (Wildman–Crippen LogP) is 3.00. The molecule has 0 unspecified atom stereocenters. The largest absolute Gasteiger partial charge is 0.452 e. The van der Waals surface area contributed by atoms with E-state index in [0.717, 1.165) is 5.56 Å². The van der Waals surface area contributed by atoms with Crippen LogP contribution in [0.3, 0.4) is 0 Å². The first-order valence-corrected chi connectivity index (χ1v) is 12.6. The van der Waals surface area contributed by atoms with Gasteiger partial charge in [-0.3, -0.25) is 4.79 Å². The first kappa shape index (κ1) is 25.9. The van der Waals surface area contributed by atoms with Gasteiger partial charge < -0.3 is 14.4 Å². The normalized spacial score (nSPS) is 15.1. The molecule has 0 atom stereocenters. The second-order valence-corrected chi connectivity index (χ2v) is 11.1. The van der Waals surface area contributed by atoms with E-state index in [1.54, 1.807) is 17.9 Å². The van der Waals surface area contributed by atoms with Crippen LogP contribution in [-0.4, -0.2) is 67.9 Å². The Bertz CT molecular complexity index is 1120. The number of hydrogen-bond donors (Lipinski definition) is 0. The minimum Gasteiger partial charge on any atom is -0.452 e. The van der Waals surface area contributed by atoms with Crippen LogP contribution in [0.2, 0.25) is 0 Å². The number of morpholine rings is 1. The lowest BCUT2D eigenvalue weighted by atomic mass is 10.0. The van der Waals surface area contributed by atoms with Crippen molar-refractivity contribution in [3.63, 3.8) is 0 Å². The molecule has 3 rings (SSSR count). The van der Waals surface area contributed by atoms with Crippen LogP contribution in [0.1, 0.15) is 42.3 Å². The van der Waals surface area contributed by atoms with E-state index in [-0.39, 0.29) is 29.5 Å². The molecule has 1 aliphatic heterocycles. The summed E-state index contributed by atoms with van der Waals surface area (Å²) in [4.78, 5) is 27.5. The summed E-state index contributed by atoms with van der Waals surface area (Å²) in [7, 11) is -3.76. The van der Waals surface area contributed by atoms with Crippen molar-refractivity contribution in [1.29, 1.82) is 0 Å². The van der Waals surface area contributed by atoms with Gasteiger partial charge in [0.25, 0.3) is 5.91 Å². The smallest absolute Gasteiger partial charge is 0.338 e. The third kappa shape index (κ3) is 6.22. The average molecular weight is 489 g/mol. The summed E-state index contributed by atoms with van der Waals surface area (Å²) in [5, 5.41) is 0. The molecule has 0 bridgehead atoms. The minimum absolute atomic E-state index is 0.0127. The van der Waals surface area contributed by atoms with Gasteiger partial charge >= 0.3 is 5.97 Å². The molecular weight excluding hydrogens is 456 g/mol. The maximum absolute atomic E-state index is 13.0. The van der Waals surface area contributed by atoms with Gasteiger partial charge in [-0.05, 0) is 51.0 Å². The molecule has 1 amide bonds. The van der Waals surface area contributed by atoms with Crippen molar-refractivity contribution in [3.05, 3.63) is 65.2 Å². The van der Waals surface area contributed by atoms with Crippen LogP contribution < -0.4 is 0 Å². The fourth-order valence-electron chi connectivity index (χ4n) is 3.67. The lowest BCUT2D eigenvalue weighted by Gasteiger charge is -2.35. The van der Waals surface area contributed by atoms with E-state index in [2.05, 4.69) is 0 Å². The number of amides is 1. The summed E-state index contributed by atoms with van der Waals surface area (Å²) in [6.07, 6.45) is 0. The Hall–Kier alpha value is -2.75. The monoisotopic (exact) mass is 488 g/mol. The van der Waals surface area contributed by atoms with Gasteiger partial charge in [0, 0.05) is 25.2 Å². The molecule has 1 fully saturated rings. The van der Waals surface area contributed by atoms with Crippen LogP contribution >= 0.6 is 0 Å². The second kappa shape index (κ2) is 10.7. The van der Waals surface area contributed by atoms with Crippen molar-refractivity contribution in [3.8, 4) is 0 Å². The zero-order valence-electron chi connectivity index (χ0n) is 20.1.